The van der Waals surface area contributed by atoms with Gasteiger partial charge in [0.05, 0.1) is 17.3 Å². The van der Waals surface area contributed by atoms with Crippen LogP contribution in [0.4, 0.5) is 0 Å². The molecule has 8 heteroatoms. The summed E-state index contributed by atoms with van der Waals surface area (Å²) in [6.07, 6.45) is 0.730. The molecule has 0 radical (unpaired) electrons. The molecule has 2 fully saturated rings. The van der Waals surface area contributed by atoms with Gasteiger partial charge < -0.3 is 4.90 Å². The van der Waals surface area contributed by atoms with E-state index in [1.54, 1.807) is 11.8 Å². The van der Waals surface area contributed by atoms with Gasteiger partial charge in [-0.3, -0.25) is 9.69 Å². The van der Waals surface area contributed by atoms with E-state index in [1.165, 1.54) is 0 Å². The summed E-state index contributed by atoms with van der Waals surface area (Å²) in [6, 6.07) is 8.04. The molecule has 1 aromatic rings. The Kier molecular flexibility index (Phi) is 5.89. The Morgan fingerprint density at radius 2 is 1.92 bits per heavy atom. The fourth-order valence-corrected chi connectivity index (χ4v) is 6.42. The van der Waals surface area contributed by atoms with Crippen molar-refractivity contribution < 1.29 is 13.2 Å². The van der Waals surface area contributed by atoms with Gasteiger partial charge in [0.1, 0.15) is 0 Å². The molecule has 0 aliphatic carbocycles. The van der Waals surface area contributed by atoms with Crippen molar-refractivity contribution in [2.75, 3.05) is 43.4 Å². The number of sulfone groups is 1. The lowest BCUT2D eigenvalue weighted by Crippen LogP contribution is -2.52. The van der Waals surface area contributed by atoms with E-state index in [-0.39, 0.29) is 17.7 Å². The summed E-state index contributed by atoms with van der Waals surface area (Å²) in [4.78, 5) is 17.6. The molecule has 0 saturated carbocycles. The van der Waals surface area contributed by atoms with Crippen molar-refractivity contribution in [3.05, 3.63) is 28.7 Å². The van der Waals surface area contributed by atoms with Gasteiger partial charge in [0.25, 0.3) is 0 Å². The quantitative estimate of drug-likeness (QED) is 0.679. The number of benzene rings is 1. The van der Waals surface area contributed by atoms with Crippen molar-refractivity contribution in [3.63, 3.8) is 0 Å². The monoisotopic (exact) mass is 432 g/mol. The Morgan fingerprint density at radius 1 is 1.21 bits per heavy atom. The summed E-state index contributed by atoms with van der Waals surface area (Å²) < 4.78 is 24.2. The van der Waals surface area contributed by atoms with Crippen molar-refractivity contribution in [2.24, 2.45) is 0 Å². The van der Waals surface area contributed by atoms with E-state index >= 15 is 0 Å². The largest absolute Gasteiger partial charge is 0.339 e. The summed E-state index contributed by atoms with van der Waals surface area (Å²) in [5, 5.41) is 0. The molecule has 2 aliphatic heterocycles. The van der Waals surface area contributed by atoms with Gasteiger partial charge in [-0.05, 0) is 34.5 Å². The van der Waals surface area contributed by atoms with Crippen LogP contribution in [0, 0.1) is 0 Å². The maximum atomic E-state index is 12.4. The molecule has 0 bridgehead atoms. The van der Waals surface area contributed by atoms with Crippen molar-refractivity contribution in [1.29, 1.82) is 0 Å². The van der Waals surface area contributed by atoms with E-state index in [1.807, 2.05) is 29.2 Å². The number of carbonyl (C=O) groups excluding carboxylic acids is 1. The molecular formula is C16H21BrN2O3S2. The molecule has 1 unspecified atom stereocenters. The van der Waals surface area contributed by atoms with Gasteiger partial charge >= 0.3 is 0 Å². The first-order valence-corrected chi connectivity index (χ1v) is 11.6. The highest BCUT2D eigenvalue weighted by atomic mass is 79.9. The lowest BCUT2D eigenvalue weighted by molar-refractivity contribution is -0.130. The van der Waals surface area contributed by atoms with Crippen LogP contribution < -0.4 is 0 Å². The minimum Gasteiger partial charge on any atom is -0.339 e. The van der Waals surface area contributed by atoms with Gasteiger partial charge in [-0.15, -0.1) is 11.8 Å². The highest BCUT2D eigenvalue weighted by molar-refractivity contribution is 9.10. The van der Waals surface area contributed by atoms with Crippen LogP contribution in [-0.2, 0) is 14.6 Å². The summed E-state index contributed by atoms with van der Waals surface area (Å²) in [6.45, 7) is 2.91. The van der Waals surface area contributed by atoms with E-state index < -0.39 is 9.84 Å². The third-order valence-electron chi connectivity index (χ3n) is 4.58. The molecule has 1 amide bonds. The van der Waals surface area contributed by atoms with Crippen LogP contribution in [0.15, 0.2) is 33.6 Å². The smallest absolute Gasteiger partial charge is 0.233 e. The number of nitrogens with zero attached hydrogens (tertiary/aromatic N) is 2. The van der Waals surface area contributed by atoms with Gasteiger partial charge in [0.15, 0.2) is 9.84 Å². The van der Waals surface area contributed by atoms with Crippen molar-refractivity contribution in [3.8, 4) is 0 Å². The highest BCUT2D eigenvalue weighted by Crippen LogP contribution is 2.27. The molecular weight excluding hydrogens is 412 g/mol. The number of hydrogen-bond donors (Lipinski definition) is 0. The number of piperazine rings is 1. The average molecular weight is 433 g/mol. The summed E-state index contributed by atoms with van der Waals surface area (Å²) >= 11 is 5.04. The molecule has 2 heterocycles. The predicted molar refractivity (Wildman–Crippen MR) is 100 cm³/mol. The summed E-state index contributed by atoms with van der Waals surface area (Å²) in [5.41, 5.74) is 0. The van der Waals surface area contributed by atoms with Crippen LogP contribution in [0.25, 0.3) is 0 Å². The SMILES string of the molecule is O=C(CSc1ccccc1Br)N1CCN(C2CCS(=O)(=O)C2)CC1. The van der Waals surface area contributed by atoms with E-state index in [2.05, 4.69) is 20.8 Å². The predicted octanol–water partition coefficient (Wildman–Crippen LogP) is 1.87. The second kappa shape index (κ2) is 7.76. The lowest BCUT2D eigenvalue weighted by atomic mass is 10.2. The standard InChI is InChI=1S/C16H21BrN2O3S2/c17-14-3-1-2-4-15(14)23-11-16(20)19-8-6-18(7-9-19)13-5-10-24(21,22)12-13/h1-4,13H,5-12H2. The number of thioether (sulfide) groups is 1. The van der Waals surface area contributed by atoms with Gasteiger partial charge in [0, 0.05) is 41.6 Å². The average Bonchev–Trinajstić information content (AvgIpc) is 2.94. The molecule has 1 aromatic carbocycles. The molecule has 24 heavy (non-hydrogen) atoms. The van der Waals surface area contributed by atoms with Crippen LogP contribution >= 0.6 is 27.7 Å². The maximum absolute atomic E-state index is 12.4. The number of amides is 1. The lowest BCUT2D eigenvalue weighted by Gasteiger charge is -2.37. The first-order chi connectivity index (χ1) is 11.4. The molecule has 0 N–H and O–H groups in total. The second-order valence-corrected chi connectivity index (χ2v) is 10.3. The fraction of sp³-hybridized carbons (Fsp3) is 0.562. The maximum Gasteiger partial charge on any atom is 0.233 e. The Balaban J connectivity index is 1.46. The van der Waals surface area contributed by atoms with E-state index in [0.29, 0.717) is 24.6 Å². The van der Waals surface area contributed by atoms with E-state index in [9.17, 15) is 13.2 Å². The van der Waals surface area contributed by atoms with Gasteiger partial charge in [-0.25, -0.2) is 8.42 Å². The number of carbonyl (C=O) groups is 1. The normalized spacial score (nSPS) is 24.2. The zero-order chi connectivity index (χ0) is 17.2. The van der Waals surface area contributed by atoms with Crippen LogP contribution in [-0.4, -0.2) is 73.6 Å². The van der Waals surface area contributed by atoms with Gasteiger partial charge in [-0.1, -0.05) is 12.1 Å². The molecule has 3 rings (SSSR count). The van der Waals surface area contributed by atoms with Crippen LogP contribution in [0.3, 0.4) is 0 Å². The molecule has 2 aliphatic rings. The van der Waals surface area contributed by atoms with Gasteiger partial charge in [0.2, 0.25) is 5.91 Å². The Labute approximate surface area is 155 Å². The first kappa shape index (κ1) is 18.2. The van der Waals surface area contributed by atoms with E-state index in [4.69, 9.17) is 0 Å². The zero-order valence-corrected chi connectivity index (χ0v) is 16.6. The summed E-state index contributed by atoms with van der Waals surface area (Å²) in [5.74, 6) is 1.16. The number of halogens is 1. The zero-order valence-electron chi connectivity index (χ0n) is 13.4. The van der Waals surface area contributed by atoms with Crippen molar-refractivity contribution in [1.82, 2.24) is 9.80 Å². The highest BCUT2D eigenvalue weighted by Gasteiger charge is 2.34. The molecule has 0 spiro atoms. The topological polar surface area (TPSA) is 57.7 Å². The third kappa shape index (κ3) is 4.53. The molecule has 1 atom stereocenters. The van der Waals surface area contributed by atoms with Gasteiger partial charge in [-0.2, -0.15) is 0 Å². The Bertz CT molecular complexity index is 703. The second-order valence-electron chi connectivity index (χ2n) is 6.19. The summed E-state index contributed by atoms with van der Waals surface area (Å²) in [7, 11) is -2.85. The van der Waals surface area contributed by atoms with Crippen LogP contribution in [0.5, 0.6) is 0 Å². The Hall–Kier alpha value is -0.570. The van der Waals surface area contributed by atoms with E-state index in [0.717, 1.165) is 28.9 Å². The molecule has 132 valence electrons. The third-order valence-corrected chi connectivity index (χ3v) is 8.34. The minimum absolute atomic E-state index is 0.141. The minimum atomic E-state index is -2.85. The number of rotatable bonds is 4. The molecule has 5 nitrogen and oxygen atoms in total. The molecule has 0 aromatic heterocycles. The van der Waals surface area contributed by atoms with Crippen molar-refractivity contribution in [2.45, 2.75) is 17.4 Å². The molecule has 2 saturated heterocycles. The fourth-order valence-electron chi connectivity index (χ4n) is 3.19. The van der Waals surface area contributed by atoms with Crippen LogP contribution in [0.2, 0.25) is 0 Å². The Morgan fingerprint density at radius 3 is 2.54 bits per heavy atom. The van der Waals surface area contributed by atoms with Crippen molar-refractivity contribution >= 4 is 43.4 Å². The first-order valence-electron chi connectivity index (χ1n) is 8.04. The van der Waals surface area contributed by atoms with Crippen LogP contribution in [0.1, 0.15) is 6.42 Å². The number of hydrogen-bond acceptors (Lipinski definition) is 5.